The van der Waals surface area contributed by atoms with Crippen molar-refractivity contribution < 1.29 is 4.79 Å². The van der Waals surface area contributed by atoms with Crippen molar-refractivity contribution in [1.29, 1.82) is 0 Å². The lowest BCUT2D eigenvalue weighted by Gasteiger charge is -2.20. The SMILES string of the molecule is CCN(CC)c1ccc(N=Nc2ccc(C(=O)Nc3cccn(C)c3=O)cc2)cc1. The van der Waals surface area contributed by atoms with Crippen molar-refractivity contribution in [3.05, 3.63) is 82.8 Å². The van der Waals surface area contributed by atoms with Gasteiger partial charge in [-0.15, -0.1) is 0 Å². The monoisotopic (exact) mass is 403 g/mol. The molecule has 7 nitrogen and oxygen atoms in total. The summed E-state index contributed by atoms with van der Waals surface area (Å²) >= 11 is 0. The van der Waals surface area contributed by atoms with Crippen molar-refractivity contribution in [2.24, 2.45) is 17.3 Å². The molecule has 3 rings (SSSR count). The number of pyridine rings is 1. The minimum absolute atomic E-state index is 0.238. The van der Waals surface area contributed by atoms with Crippen molar-refractivity contribution in [2.75, 3.05) is 23.3 Å². The molecule has 1 heterocycles. The van der Waals surface area contributed by atoms with Crippen molar-refractivity contribution >= 4 is 28.7 Å². The highest BCUT2D eigenvalue weighted by molar-refractivity contribution is 6.04. The summed E-state index contributed by atoms with van der Waals surface area (Å²) in [5, 5.41) is 11.1. The molecule has 0 bridgehead atoms. The van der Waals surface area contributed by atoms with Gasteiger partial charge in [-0.3, -0.25) is 9.59 Å². The van der Waals surface area contributed by atoms with Gasteiger partial charge in [-0.25, -0.2) is 0 Å². The number of anilines is 2. The van der Waals surface area contributed by atoms with Crippen LogP contribution >= 0.6 is 0 Å². The highest BCUT2D eigenvalue weighted by Crippen LogP contribution is 2.22. The van der Waals surface area contributed by atoms with Crippen LogP contribution in [0.2, 0.25) is 0 Å². The van der Waals surface area contributed by atoms with E-state index in [4.69, 9.17) is 0 Å². The number of aryl methyl sites for hydroxylation is 1. The number of nitrogens with zero attached hydrogens (tertiary/aromatic N) is 4. The van der Waals surface area contributed by atoms with Crippen LogP contribution in [-0.4, -0.2) is 23.6 Å². The number of carbonyl (C=O) groups excluding carboxylic acids is 1. The molecule has 1 aromatic heterocycles. The summed E-state index contributed by atoms with van der Waals surface area (Å²) in [7, 11) is 1.63. The van der Waals surface area contributed by atoms with Gasteiger partial charge in [0.1, 0.15) is 5.69 Å². The average molecular weight is 403 g/mol. The van der Waals surface area contributed by atoms with Gasteiger partial charge < -0.3 is 14.8 Å². The maximum Gasteiger partial charge on any atom is 0.274 e. The van der Waals surface area contributed by atoms with Gasteiger partial charge in [-0.2, -0.15) is 10.2 Å². The first-order valence-corrected chi connectivity index (χ1v) is 9.85. The number of nitrogens with one attached hydrogen (secondary N) is 1. The number of carbonyl (C=O) groups is 1. The molecule has 0 radical (unpaired) electrons. The van der Waals surface area contributed by atoms with E-state index in [1.54, 1.807) is 49.6 Å². The standard InChI is InChI=1S/C23H25N5O2/c1-4-28(5-2)20-14-12-19(13-15-20)26-25-18-10-8-17(9-11-18)22(29)24-21-7-6-16-27(3)23(21)30/h6-16H,4-5H2,1-3H3,(H,24,29). The number of benzene rings is 2. The third kappa shape index (κ3) is 5.00. The Morgan fingerprint density at radius 1 is 0.933 bits per heavy atom. The van der Waals surface area contributed by atoms with Gasteiger partial charge in [0.05, 0.1) is 11.4 Å². The Hall–Kier alpha value is -3.74. The van der Waals surface area contributed by atoms with Crippen LogP contribution in [0.25, 0.3) is 0 Å². The predicted molar refractivity (Wildman–Crippen MR) is 120 cm³/mol. The minimum Gasteiger partial charge on any atom is -0.372 e. The summed E-state index contributed by atoms with van der Waals surface area (Å²) in [4.78, 5) is 26.7. The third-order valence-corrected chi connectivity index (χ3v) is 4.76. The zero-order chi connectivity index (χ0) is 21.5. The summed E-state index contributed by atoms with van der Waals surface area (Å²) in [5.74, 6) is -0.353. The largest absolute Gasteiger partial charge is 0.372 e. The zero-order valence-corrected chi connectivity index (χ0v) is 17.4. The lowest BCUT2D eigenvalue weighted by molar-refractivity contribution is 0.102. The van der Waals surface area contributed by atoms with Gasteiger partial charge in [-0.1, -0.05) is 0 Å². The molecule has 7 heteroatoms. The molecular weight excluding hydrogens is 378 g/mol. The lowest BCUT2D eigenvalue weighted by Crippen LogP contribution is -2.23. The zero-order valence-electron chi connectivity index (χ0n) is 17.4. The van der Waals surface area contributed by atoms with Crippen LogP contribution in [-0.2, 0) is 7.05 Å². The molecule has 30 heavy (non-hydrogen) atoms. The van der Waals surface area contributed by atoms with Gasteiger partial charge in [0.2, 0.25) is 0 Å². The van der Waals surface area contributed by atoms with Gasteiger partial charge in [0.15, 0.2) is 0 Å². The molecule has 0 fully saturated rings. The predicted octanol–water partition coefficient (Wildman–Crippen LogP) is 4.90. The fourth-order valence-corrected chi connectivity index (χ4v) is 3.00. The van der Waals surface area contributed by atoms with Crippen LogP contribution < -0.4 is 15.8 Å². The molecule has 3 aromatic rings. The minimum atomic E-state index is -0.353. The number of hydrogen-bond acceptors (Lipinski definition) is 5. The molecule has 1 N–H and O–H groups in total. The van der Waals surface area contributed by atoms with E-state index in [9.17, 15) is 9.59 Å². The lowest BCUT2D eigenvalue weighted by atomic mass is 10.2. The summed E-state index contributed by atoms with van der Waals surface area (Å²) in [5.41, 5.74) is 2.96. The number of aromatic nitrogens is 1. The van der Waals surface area contributed by atoms with E-state index >= 15 is 0 Å². The van der Waals surface area contributed by atoms with E-state index in [2.05, 4.69) is 34.3 Å². The van der Waals surface area contributed by atoms with E-state index < -0.39 is 0 Å². The van der Waals surface area contributed by atoms with Crippen LogP contribution in [0, 0.1) is 0 Å². The molecule has 154 valence electrons. The number of azo groups is 1. The number of amides is 1. The van der Waals surface area contributed by atoms with E-state index in [1.807, 2.05) is 24.3 Å². The Balaban J connectivity index is 1.66. The number of hydrogen-bond donors (Lipinski definition) is 1. The Bertz CT molecular complexity index is 1080. The van der Waals surface area contributed by atoms with Gasteiger partial charge in [-0.05, 0) is 74.5 Å². The summed E-state index contributed by atoms with van der Waals surface area (Å²) < 4.78 is 1.41. The molecule has 0 unspecified atom stereocenters. The molecule has 0 saturated heterocycles. The molecule has 0 aliphatic rings. The Kier molecular flexibility index (Phi) is 6.75. The fraction of sp³-hybridized carbons (Fsp3) is 0.217. The Morgan fingerprint density at radius 3 is 2.07 bits per heavy atom. The summed E-state index contributed by atoms with van der Waals surface area (Å²) in [6.45, 7) is 6.16. The van der Waals surface area contributed by atoms with Crippen LogP contribution in [0.5, 0.6) is 0 Å². The Labute approximate surface area is 175 Å². The van der Waals surface area contributed by atoms with E-state index in [-0.39, 0.29) is 17.2 Å². The van der Waals surface area contributed by atoms with Crippen LogP contribution in [0.3, 0.4) is 0 Å². The fourth-order valence-electron chi connectivity index (χ4n) is 3.00. The molecule has 0 saturated carbocycles. The van der Waals surface area contributed by atoms with Gasteiger partial charge in [0.25, 0.3) is 11.5 Å². The Morgan fingerprint density at radius 2 is 1.50 bits per heavy atom. The first kappa shape index (κ1) is 21.0. The normalized spacial score (nSPS) is 10.9. The highest BCUT2D eigenvalue weighted by atomic mass is 16.2. The van der Waals surface area contributed by atoms with E-state index in [0.717, 1.165) is 24.5 Å². The third-order valence-electron chi connectivity index (χ3n) is 4.76. The van der Waals surface area contributed by atoms with Crippen LogP contribution in [0.1, 0.15) is 24.2 Å². The number of rotatable bonds is 7. The molecule has 0 aliphatic heterocycles. The smallest absolute Gasteiger partial charge is 0.274 e. The first-order chi connectivity index (χ1) is 14.5. The second-order valence-corrected chi connectivity index (χ2v) is 6.73. The van der Waals surface area contributed by atoms with Gasteiger partial charge in [0, 0.05) is 37.6 Å². The summed E-state index contributed by atoms with van der Waals surface area (Å²) in [6, 6.07) is 17.9. The molecule has 0 atom stereocenters. The van der Waals surface area contributed by atoms with Crippen LogP contribution in [0.15, 0.2) is 81.9 Å². The van der Waals surface area contributed by atoms with Crippen molar-refractivity contribution in [2.45, 2.75) is 13.8 Å². The van der Waals surface area contributed by atoms with Crippen molar-refractivity contribution in [1.82, 2.24) is 4.57 Å². The topological polar surface area (TPSA) is 79.1 Å². The van der Waals surface area contributed by atoms with Crippen molar-refractivity contribution in [3.8, 4) is 0 Å². The maximum atomic E-state index is 12.4. The molecular formula is C23H25N5O2. The van der Waals surface area contributed by atoms with Crippen molar-refractivity contribution in [3.63, 3.8) is 0 Å². The molecule has 0 spiro atoms. The quantitative estimate of drug-likeness (QED) is 0.570. The summed E-state index contributed by atoms with van der Waals surface area (Å²) in [6.07, 6.45) is 1.63. The van der Waals surface area contributed by atoms with Crippen LogP contribution in [0.4, 0.5) is 22.7 Å². The highest BCUT2D eigenvalue weighted by Gasteiger charge is 2.09. The maximum absolute atomic E-state index is 12.4. The molecule has 0 aliphatic carbocycles. The second-order valence-electron chi connectivity index (χ2n) is 6.73. The molecule has 1 amide bonds. The molecule has 2 aromatic carbocycles. The van der Waals surface area contributed by atoms with E-state index in [1.165, 1.54) is 4.57 Å². The van der Waals surface area contributed by atoms with E-state index in [0.29, 0.717) is 11.3 Å². The average Bonchev–Trinajstić information content (AvgIpc) is 2.77. The second kappa shape index (κ2) is 9.65. The van der Waals surface area contributed by atoms with Gasteiger partial charge >= 0.3 is 0 Å². The first-order valence-electron chi connectivity index (χ1n) is 9.85.